The summed E-state index contributed by atoms with van der Waals surface area (Å²) in [6, 6.07) is 11.5. The highest BCUT2D eigenvalue weighted by molar-refractivity contribution is 5.98. The minimum atomic E-state index is -0.376. The van der Waals surface area contributed by atoms with Crippen molar-refractivity contribution in [2.75, 3.05) is 32.1 Å². The fraction of sp³-hybridized carbons (Fsp3) is 0.364. The molecule has 1 aliphatic rings. The Kier molecular flexibility index (Phi) is 6.41. The van der Waals surface area contributed by atoms with Gasteiger partial charge in [0.15, 0.2) is 5.78 Å². The summed E-state index contributed by atoms with van der Waals surface area (Å²) in [6.07, 6.45) is 1.44. The van der Waals surface area contributed by atoms with E-state index in [9.17, 15) is 14.0 Å². The van der Waals surface area contributed by atoms with Crippen LogP contribution in [0.15, 0.2) is 42.5 Å². The second-order valence-electron chi connectivity index (χ2n) is 7.15. The smallest absolute Gasteiger partial charge is 0.238 e. The van der Waals surface area contributed by atoms with Gasteiger partial charge in [-0.05, 0) is 74.8 Å². The Labute approximate surface area is 164 Å². The number of piperidine rings is 1. The van der Waals surface area contributed by atoms with Gasteiger partial charge in [-0.1, -0.05) is 6.07 Å². The largest absolute Gasteiger partial charge is 0.497 e. The number of benzene rings is 2. The van der Waals surface area contributed by atoms with Crippen LogP contribution in [0.25, 0.3) is 0 Å². The second-order valence-corrected chi connectivity index (χ2v) is 7.15. The number of carbonyl (C=O) groups is 2. The first-order chi connectivity index (χ1) is 13.5. The van der Waals surface area contributed by atoms with Crippen molar-refractivity contribution in [2.24, 2.45) is 5.92 Å². The van der Waals surface area contributed by atoms with E-state index in [1.165, 1.54) is 12.1 Å². The molecule has 0 radical (unpaired) electrons. The average Bonchev–Trinajstić information content (AvgIpc) is 2.71. The molecule has 1 fully saturated rings. The zero-order chi connectivity index (χ0) is 20.1. The zero-order valence-corrected chi connectivity index (χ0v) is 16.2. The number of anilines is 1. The van der Waals surface area contributed by atoms with Gasteiger partial charge < -0.3 is 10.1 Å². The summed E-state index contributed by atoms with van der Waals surface area (Å²) in [5, 5.41) is 2.77. The Morgan fingerprint density at radius 3 is 2.46 bits per heavy atom. The van der Waals surface area contributed by atoms with E-state index >= 15 is 0 Å². The maximum absolute atomic E-state index is 13.4. The third-order valence-corrected chi connectivity index (χ3v) is 5.17. The van der Waals surface area contributed by atoms with Crippen molar-refractivity contribution in [3.8, 4) is 5.75 Å². The van der Waals surface area contributed by atoms with Gasteiger partial charge in [0.1, 0.15) is 11.6 Å². The Bertz CT molecular complexity index is 843. The summed E-state index contributed by atoms with van der Waals surface area (Å²) in [5.74, 6) is 0.290. The topological polar surface area (TPSA) is 58.6 Å². The zero-order valence-electron chi connectivity index (χ0n) is 16.2. The highest BCUT2D eigenvalue weighted by atomic mass is 19.1. The number of ketones is 1. The van der Waals surface area contributed by atoms with E-state index < -0.39 is 0 Å². The molecule has 0 spiro atoms. The highest BCUT2D eigenvalue weighted by Crippen LogP contribution is 2.23. The summed E-state index contributed by atoms with van der Waals surface area (Å²) in [5.41, 5.74) is 2.01. The third kappa shape index (κ3) is 4.95. The van der Waals surface area contributed by atoms with Crippen LogP contribution in [0.5, 0.6) is 5.75 Å². The van der Waals surface area contributed by atoms with Gasteiger partial charge in [-0.2, -0.15) is 0 Å². The van der Waals surface area contributed by atoms with Crippen LogP contribution in [0.4, 0.5) is 10.1 Å². The highest BCUT2D eigenvalue weighted by Gasteiger charge is 2.26. The number of Topliss-reactive ketones (excluding diaryl/α,β-unsaturated/α-hetero) is 1. The number of amides is 1. The van der Waals surface area contributed by atoms with Crippen LogP contribution in [-0.4, -0.2) is 43.3 Å². The van der Waals surface area contributed by atoms with Gasteiger partial charge in [-0.25, -0.2) is 4.39 Å². The summed E-state index contributed by atoms with van der Waals surface area (Å²) in [7, 11) is 1.60. The molecule has 1 aliphatic heterocycles. The van der Waals surface area contributed by atoms with E-state index in [-0.39, 0.29) is 30.0 Å². The minimum Gasteiger partial charge on any atom is -0.497 e. The van der Waals surface area contributed by atoms with Gasteiger partial charge in [0, 0.05) is 17.2 Å². The summed E-state index contributed by atoms with van der Waals surface area (Å²) in [4.78, 5) is 27.0. The summed E-state index contributed by atoms with van der Waals surface area (Å²) < 4.78 is 18.5. The Morgan fingerprint density at radius 2 is 1.82 bits per heavy atom. The molecule has 1 N–H and O–H groups in total. The number of carbonyl (C=O) groups excluding carboxylic acids is 2. The number of methoxy groups -OCH3 is 1. The maximum atomic E-state index is 13.4. The number of hydrogen-bond acceptors (Lipinski definition) is 4. The number of rotatable bonds is 6. The number of aryl methyl sites for hydroxylation is 1. The SMILES string of the molecule is COc1ccc(C(=O)C2CCN(CC(=O)Nc3cc(F)ccc3C)CC2)cc1. The lowest BCUT2D eigenvalue weighted by molar-refractivity contribution is -0.117. The molecule has 0 aromatic heterocycles. The van der Waals surface area contributed by atoms with Gasteiger partial charge in [0.25, 0.3) is 0 Å². The summed E-state index contributed by atoms with van der Waals surface area (Å²) >= 11 is 0. The Morgan fingerprint density at radius 1 is 1.14 bits per heavy atom. The predicted molar refractivity (Wildman–Crippen MR) is 106 cm³/mol. The van der Waals surface area contributed by atoms with Crippen molar-refractivity contribution in [1.82, 2.24) is 4.90 Å². The van der Waals surface area contributed by atoms with Crippen molar-refractivity contribution >= 4 is 17.4 Å². The lowest BCUT2D eigenvalue weighted by Gasteiger charge is -2.30. The quantitative estimate of drug-likeness (QED) is 0.772. The van der Waals surface area contributed by atoms with Gasteiger partial charge in [0.2, 0.25) is 5.91 Å². The van der Waals surface area contributed by atoms with Crippen LogP contribution in [0, 0.1) is 18.7 Å². The van der Waals surface area contributed by atoms with Crippen LogP contribution in [0.2, 0.25) is 0 Å². The predicted octanol–water partition coefficient (Wildman–Crippen LogP) is 3.68. The normalized spacial score (nSPS) is 15.2. The molecule has 148 valence electrons. The molecule has 0 saturated carbocycles. The number of nitrogens with zero attached hydrogens (tertiary/aromatic N) is 1. The fourth-order valence-electron chi connectivity index (χ4n) is 3.47. The average molecular weight is 384 g/mol. The van der Waals surface area contributed by atoms with Crippen LogP contribution < -0.4 is 10.1 Å². The van der Waals surface area contributed by atoms with E-state index in [4.69, 9.17) is 4.74 Å². The molecule has 1 saturated heterocycles. The van der Waals surface area contributed by atoms with Crippen LogP contribution in [0.1, 0.15) is 28.8 Å². The van der Waals surface area contributed by atoms with E-state index in [0.717, 1.165) is 24.2 Å². The standard InChI is InChI=1S/C22H25FN2O3/c1-15-3-6-18(23)13-20(15)24-21(26)14-25-11-9-17(10-12-25)22(27)16-4-7-19(28-2)8-5-16/h3-8,13,17H,9-12,14H2,1-2H3,(H,24,26). The van der Waals surface area contributed by atoms with Crippen molar-refractivity contribution in [3.63, 3.8) is 0 Å². The first-order valence-corrected chi connectivity index (χ1v) is 9.43. The Hall–Kier alpha value is -2.73. The number of ether oxygens (including phenoxy) is 1. The van der Waals surface area contributed by atoms with Crippen molar-refractivity contribution in [1.29, 1.82) is 0 Å². The van der Waals surface area contributed by atoms with Crippen LogP contribution in [-0.2, 0) is 4.79 Å². The molecule has 3 rings (SSSR count). The number of halogens is 1. The lowest BCUT2D eigenvalue weighted by Crippen LogP contribution is -2.40. The molecule has 0 aliphatic carbocycles. The van der Waals surface area contributed by atoms with E-state index in [1.807, 2.05) is 11.8 Å². The minimum absolute atomic E-state index is 0.0295. The molecule has 6 heteroatoms. The van der Waals surface area contributed by atoms with Gasteiger partial charge in [-0.15, -0.1) is 0 Å². The molecule has 1 heterocycles. The van der Waals surface area contributed by atoms with Crippen LogP contribution in [0.3, 0.4) is 0 Å². The summed E-state index contributed by atoms with van der Waals surface area (Å²) in [6.45, 7) is 3.43. The van der Waals surface area contributed by atoms with Gasteiger partial charge in [0.05, 0.1) is 13.7 Å². The molecule has 0 unspecified atom stereocenters. The lowest BCUT2D eigenvalue weighted by atomic mass is 9.89. The van der Waals surface area contributed by atoms with Crippen molar-refractivity contribution in [3.05, 3.63) is 59.4 Å². The first-order valence-electron chi connectivity index (χ1n) is 9.43. The van der Waals surface area contributed by atoms with Gasteiger partial charge >= 0.3 is 0 Å². The van der Waals surface area contributed by atoms with Crippen molar-refractivity contribution in [2.45, 2.75) is 19.8 Å². The van der Waals surface area contributed by atoms with Crippen LogP contribution >= 0.6 is 0 Å². The molecule has 2 aromatic rings. The number of nitrogens with one attached hydrogen (secondary N) is 1. The molecule has 1 amide bonds. The second kappa shape index (κ2) is 8.97. The maximum Gasteiger partial charge on any atom is 0.238 e. The molecule has 2 aromatic carbocycles. The molecule has 0 bridgehead atoms. The van der Waals surface area contributed by atoms with Gasteiger partial charge in [-0.3, -0.25) is 14.5 Å². The first kappa shape index (κ1) is 20.0. The van der Waals surface area contributed by atoms with Crippen molar-refractivity contribution < 1.29 is 18.7 Å². The molecule has 0 atom stereocenters. The molecule has 5 nitrogen and oxygen atoms in total. The fourth-order valence-corrected chi connectivity index (χ4v) is 3.47. The van der Waals surface area contributed by atoms with E-state index in [0.29, 0.717) is 24.3 Å². The number of hydrogen-bond donors (Lipinski definition) is 1. The molecular formula is C22H25FN2O3. The van der Waals surface area contributed by atoms with E-state index in [2.05, 4.69) is 5.32 Å². The molecular weight excluding hydrogens is 359 g/mol. The third-order valence-electron chi connectivity index (χ3n) is 5.17. The number of likely N-dealkylation sites (tertiary alicyclic amines) is 1. The Balaban J connectivity index is 1.50. The monoisotopic (exact) mass is 384 g/mol. The molecule has 28 heavy (non-hydrogen) atoms. The van der Waals surface area contributed by atoms with E-state index in [1.54, 1.807) is 37.4 Å².